The van der Waals surface area contributed by atoms with Gasteiger partial charge in [0, 0.05) is 6.54 Å². The van der Waals surface area contributed by atoms with Crippen LogP contribution in [0.5, 0.6) is 0 Å². The highest BCUT2D eigenvalue weighted by Crippen LogP contribution is 2.13. The first-order valence-electron chi connectivity index (χ1n) is 6.35. The summed E-state index contributed by atoms with van der Waals surface area (Å²) >= 11 is 6.01. The van der Waals surface area contributed by atoms with E-state index in [9.17, 15) is 9.59 Å². The van der Waals surface area contributed by atoms with Gasteiger partial charge in [0.05, 0.1) is 23.9 Å². The van der Waals surface area contributed by atoms with Crippen LogP contribution in [0.15, 0.2) is 23.0 Å². The molecule has 0 saturated heterocycles. The van der Waals surface area contributed by atoms with E-state index in [1.165, 1.54) is 4.57 Å². The van der Waals surface area contributed by atoms with Gasteiger partial charge in [-0.1, -0.05) is 11.6 Å². The van der Waals surface area contributed by atoms with Gasteiger partial charge in [-0.25, -0.2) is 4.98 Å². The summed E-state index contributed by atoms with van der Waals surface area (Å²) in [5.74, 6) is -0.361. The maximum absolute atomic E-state index is 12.4. The molecular weight excluding hydrogens is 280 g/mol. The summed E-state index contributed by atoms with van der Waals surface area (Å²) in [6.45, 7) is 4.11. The Bertz CT molecular complexity index is 709. The monoisotopic (exact) mass is 294 g/mol. The van der Waals surface area contributed by atoms with Gasteiger partial charge in [0.15, 0.2) is 0 Å². The number of esters is 1. The second-order valence-corrected chi connectivity index (χ2v) is 4.75. The summed E-state index contributed by atoms with van der Waals surface area (Å²) in [7, 11) is 0. The average molecular weight is 295 g/mol. The smallest absolute Gasteiger partial charge is 0.307 e. The first-order chi connectivity index (χ1) is 9.52. The maximum Gasteiger partial charge on any atom is 0.307 e. The lowest BCUT2D eigenvalue weighted by atomic mass is 10.2. The maximum atomic E-state index is 12.4. The van der Waals surface area contributed by atoms with Gasteiger partial charge < -0.3 is 4.74 Å². The van der Waals surface area contributed by atoms with Crippen molar-refractivity contribution in [3.8, 4) is 0 Å². The summed E-state index contributed by atoms with van der Waals surface area (Å²) in [6.07, 6.45) is 0.0898. The van der Waals surface area contributed by atoms with Crippen LogP contribution in [-0.2, 0) is 16.1 Å². The van der Waals surface area contributed by atoms with Gasteiger partial charge in [0.1, 0.15) is 0 Å². The Labute approximate surface area is 121 Å². The van der Waals surface area contributed by atoms with Crippen LogP contribution >= 0.6 is 11.6 Å². The number of ether oxygens (including phenoxy) is 1. The van der Waals surface area contributed by atoms with Crippen LogP contribution in [0.25, 0.3) is 10.9 Å². The molecule has 1 aromatic heterocycles. The number of aromatic nitrogens is 2. The Morgan fingerprint density at radius 2 is 2.20 bits per heavy atom. The molecule has 0 N–H and O–H groups in total. The third kappa shape index (κ3) is 2.99. The van der Waals surface area contributed by atoms with Gasteiger partial charge in [-0.15, -0.1) is 0 Å². The van der Waals surface area contributed by atoms with Crippen LogP contribution in [0.3, 0.4) is 0 Å². The number of hydrogen-bond donors (Lipinski definition) is 0. The van der Waals surface area contributed by atoms with Gasteiger partial charge in [0.25, 0.3) is 5.56 Å². The molecule has 0 aliphatic carbocycles. The summed E-state index contributed by atoms with van der Waals surface area (Å²) in [5, 5.41) is 0.578. The summed E-state index contributed by atoms with van der Waals surface area (Å²) in [4.78, 5) is 27.9. The molecule has 20 heavy (non-hydrogen) atoms. The topological polar surface area (TPSA) is 61.2 Å². The number of hydrogen-bond acceptors (Lipinski definition) is 4. The Kier molecular flexibility index (Phi) is 4.39. The van der Waals surface area contributed by atoms with E-state index >= 15 is 0 Å². The molecule has 1 heterocycles. The number of rotatable bonds is 4. The number of benzene rings is 1. The Morgan fingerprint density at radius 3 is 2.90 bits per heavy atom. The number of nitrogens with zero attached hydrogens (tertiary/aromatic N) is 2. The molecule has 0 unspecified atom stereocenters. The van der Waals surface area contributed by atoms with Crippen molar-refractivity contribution in [2.45, 2.75) is 26.8 Å². The van der Waals surface area contributed by atoms with Crippen LogP contribution in [-0.4, -0.2) is 22.1 Å². The SMILES string of the molecule is CCOC(=O)CCn1c(Cl)nc2ccc(C)cc2c1=O. The van der Waals surface area contributed by atoms with Crippen LogP contribution < -0.4 is 5.56 Å². The lowest BCUT2D eigenvalue weighted by molar-refractivity contribution is -0.143. The summed E-state index contributed by atoms with van der Waals surface area (Å²) < 4.78 is 6.12. The van der Waals surface area contributed by atoms with E-state index in [2.05, 4.69) is 4.98 Å². The van der Waals surface area contributed by atoms with Crippen molar-refractivity contribution in [2.75, 3.05) is 6.61 Å². The van der Waals surface area contributed by atoms with Crippen LogP contribution in [0.4, 0.5) is 0 Å². The van der Waals surface area contributed by atoms with E-state index in [0.717, 1.165) is 5.56 Å². The minimum Gasteiger partial charge on any atom is -0.466 e. The third-order valence-electron chi connectivity index (χ3n) is 2.91. The molecule has 2 rings (SSSR count). The second kappa shape index (κ2) is 6.05. The van der Waals surface area contributed by atoms with Crippen LogP contribution in [0.2, 0.25) is 5.28 Å². The van der Waals surface area contributed by atoms with Crippen molar-refractivity contribution in [1.29, 1.82) is 0 Å². The average Bonchev–Trinajstić information content (AvgIpc) is 2.40. The van der Waals surface area contributed by atoms with E-state index in [-0.39, 0.29) is 29.8 Å². The first-order valence-corrected chi connectivity index (χ1v) is 6.73. The van der Waals surface area contributed by atoms with E-state index in [1.807, 2.05) is 13.0 Å². The number of carbonyl (C=O) groups is 1. The van der Waals surface area contributed by atoms with E-state index in [4.69, 9.17) is 16.3 Å². The number of fused-ring (bicyclic) bond motifs is 1. The molecule has 0 bridgehead atoms. The predicted molar refractivity (Wildman–Crippen MR) is 77.0 cm³/mol. The fraction of sp³-hybridized carbons (Fsp3) is 0.357. The number of carbonyl (C=O) groups excluding carboxylic acids is 1. The van der Waals surface area contributed by atoms with E-state index in [1.54, 1.807) is 19.1 Å². The lowest BCUT2D eigenvalue weighted by Gasteiger charge is -2.09. The molecule has 2 aromatic rings. The molecule has 1 aromatic carbocycles. The van der Waals surface area contributed by atoms with Gasteiger partial charge in [-0.3, -0.25) is 14.2 Å². The van der Waals surface area contributed by atoms with Crippen molar-refractivity contribution in [3.05, 3.63) is 39.4 Å². The lowest BCUT2D eigenvalue weighted by Crippen LogP contribution is -2.24. The zero-order valence-corrected chi connectivity index (χ0v) is 12.1. The fourth-order valence-corrected chi connectivity index (χ4v) is 2.19. The zero-order valence-electron chi connectivity index (χ0n) is 11.4. The molecule has 0 aliphatic heterocycles. The Hall–Kier alpha value is -1.88. The van der Waals surface area contributed by atoms with Gasteiger partial charge in [0.2, 0.25) is 5.28 Å². The highest BCUT2D eigenvalue weighted by Gasteiger charge is 2.11. The molecule has 0 saturated carbocycles. The summed E-state index contributed by atoms with van der Waals surface area (Å²) in [5.41, 5.74) is 1.28. The third-order valence-corrected chi connectivity index (χ3v) is 3.20. The quantitative estimate of drug-likeness (QED) is 0.641. The zero-order chi connectivity index (χ0) is 14.7. The van der Waals surface area contributed by atoms with Crippen LogP contribution in [0.1, 0.15) is 18.9 Å². The Balaban J connectivity index is 2.38. The standard InChI is InChI=1S/C14H15ClN2O3/c1-3-20-12(18)6-7-17-13(19)10-8-9(2)4-5-11(10)16-14(17)15/h4-5,8H,3,6-7H2,1-2H3. The van der Waals surface area contributed by atoms with Crippen molar-refractivity contribution in [2.24, 2.45) is 0 Å². The predicted octanol–water partition coefficient (Wildman–Crippen LogP) is 2.31. The van der Waals surface area contributed by atoms with Crippen molar-refractivity contribution >= 4 is 28.5 Å². The largest absolute Gasteiger partial charge is 0.466 e. The molecule has 106 valence electrons. The van der Waals surface area contributed by atoms with E-state index < -0.39 is 0 Å². The number of halogens is 1. The van der Waals surface area contributed by atoms with Crippen molar-refractivity contribution < 1.29 is 9.53 Å². The highest BCUT2D eigenvalue weighted by molar-refractivity contribution is 6.28. The molecule has 0 spiro atoms. The Morgan fingerprint density at radius 1 is 1.45 bits per heavy atom. The van der Waals surface area contributed by atoms with Gasteiger partial charge in [-0.05, 0) is 37.6 Å². The normalized spacial score (nSPS) is 10.8. The minimum atomic E-state index is -0.361. The van der Waals surface area contributed by atoms with Gasteiger partial charge in [-0.2, -0.15) is 0 Å². The minimum absolute atomic E-state index is 0.0793. The van der Waals surface area contributed by atoms with Crippen LogP contribution in [0, 0.1) is 6.92 Å². The molecule has 0 fully saturated rings. The molecule has 5 nitrogen and oxygen atoms in total. The fourth-order valence-electron chi connectivity index (χ4n) is 1.94. The number of aryl methyl sites for hydroxylation is 1. The van der Waals surface area contributed by atoms with E-state index in [0.29, 0.717) is 17.5 Å². The second-order valence-electron chi connectivity index (χ2n) is 4.41. The molecular formula is C14H15ClN2O3. The first kappa shape index (κ1) is 14.5. The molecule has 0 radical (unpaired) electrons. The van der Waals surface area contributed by atoms with Crippen molar-refractivity contribution in [1.82, 2.24) is 9.55 Å². The molecule has 6 heteroatoms. The van der Waals surface area contributed by atoms with Gasteiger partial charge >= 0.3 is 5.97 Å². The molecule has 0 atom stereocenters. The summed E-state index contributed by atoms with van der Waals surface area (Å²) in [6, 6.07) is 5.39. The van der Waals surface area contributed by atoms with Crippen molar-refractivity contribution in [3.63, 3.8) is 0 Å². The molecule has 0 amide bonds. The molecule has 0 aliphatic rings. The highest BCUT2D eigenvalue weighted by atomic mass is 35.5.